The highest BCUT2D eigenvalue weighted by molar-refractivity contribution is 5.81. The Morgan fingerprint density at radius 1 is 0.625 bits per heavy atom. The van der Waals surface area contributed by atoms with E-state index in [9.17, 15) is 4.79 Å². The lowest BCUT2D eigenvalue weighted by Gasteiger charge is -2.19. The molecule has 0 saturated heterocycles. The van der Waals surface area contributed by atoms with Crippen LogP contribution in [0.4, 0.5) is 0 Å². The third-order valence-electron chi connectivity index (χ3n) is 5.36. The summed E-state index contributed by atoms with van der Waals surface area (Å²) in [4.78, 5) is 12.4. The molecular weight excluding hydrogens is 292 g/mol. The highest BCUT2D eigenvalue weighted by Crippen LogP contribution is 2.22. The van der Waals surface area contributed by atoms with Crippen molar-refractivity contribution in [3.05, 3.63) is 0 Å². The van der Waals surface area contributed by atoms with Crippen molar-refractivity contribution < 1.29 is 4.79 Å². The van der Waals surface area contributed by atoms with Crippen molar-refractivity contribution in [1.82, 2.24) is 0 Å². The van der Waals surface area contributed by atoms with Crippen molar-refractivity contribution in [3.63, 3.8) is 0 Å². The fraction of sp³-hybridized carbons (Fsp3) is 0.957. The molecule has 144 valence electrons. The van der Waals surface area contributed by atoms with Crippen LogP contribution in [0.1, 0.15) is 130 Å². The van der Waals surface area contributed by atoms with E-state index in [1.165, 1.54) is 83.5 Å². The van der Waals surface area contributed by atoms with Gasteiger partial charge < -0.3 is 0 Å². The molecule has 0 bridgehead atoms. The van der Waals surface area contributed by atoms with E-state index in [1.807, 2.05) is 0 Å². The molecule has 0 N–H and O–H groups in total. The van der Waals surface area contributed by atoms with Crippen LogP contribution in [0.5, 0.6) is 0 Å². The second-order valence-electron chi connectivity index (χ2n) is 8.10. The molecular formula is C23H46O. The highest BCUT2D eigenvalue weighted by atomic mass is 16.1. The van der Waals surface area contributed by atoms with Gasteiger partial charge in [0.2, 0.25) is 0 Å². The summed E-state index contributed by atoms with van der Waals surface area (Å²) in [6, 6.07) is 0. The fourth-order valence-corrected chi connectivity index (χ4v) is 3.62. The van der Waals surface area contributed by atoms with Crippen molar-refractivity contribution in [2.24, 2.45) is 11.8 Å². The fourth-order valence-electron chi connectivity index (χ4n) is 3.62. The first-order valence-corrected chi connectivity index (χ1v) is 11.2. The van der Waals surface area contributed by atoms with Gasteiger partial charge in [0, 0.05) is 12.3 Å². The van der Waals surface area contributed by atoms with Crippen LogP contribution < -0.4 is 0 Å². The molecule has 0 heterocycles. The van der Waals surface area contributed by atoms with Crippen LogP contribution in [0, 0.1) is 11.8 Å². The summed E-state index contributed by atoms with van der Waals surface area (Å²) in [7, 11) is 0. The third-order valence-corrected chi connectivity index (χ3v) is 5.36. The average Bonchev–Trinajstić information content (AvgIpc) is 2.56. The molecule has 0 aliphatic rings. The van der Waals surface area contributed by atoms with Gasteiger partial charge in [-0.25, -0.2) is 0 Å². The van der Waals surface area contributed by atoms with Gasteiger partial charge in [-0.05, 0) is 18.8 Å². The maximum absolute atomic E-state index is 12.4. The quantitative estimate of drug-likeness (QED) is 0.231. The van der Waals surface area contributed by atoms with Gasteiger partial charge in [0.1, 0.15) is 5.78 Å². The van der Waals surface area contributed by atoms with Gasteiger partial charge in [-0.3, -0.25) is 4.79 Å². The van der Waals surface area contributed by atoms with E-state index in [4.69, 9.17) is 0 Å². The number of carbonyl (C=O) groups excluding carboxylic acids is 1. The number of Topliss-reactive ketones (excluding diaryl/α,β-unsaturated/α-hetero) is 1. The molecule has 0 aliphatic heterocycles. The lowest BCUT2D eigenvalue weighted by molar-refractivity contribution is -0.124. The van der Waals surface area contributed by atoms with Crippen molar-refractivity contribution in [3.8, 4) is 0 Å². The Morgan fingerprint density at radius 2 is 1.04 bits per heavy atom. The van der Waals surface area contributed by atoms with Crippen molar-refractivity contribution in [2.45, 2.75) is 130 Å². The summed E-state index contributed by atoms with van der Waals surface area (Å²) in [5.41, 5.74) is 0. The summed E-state index contributed by atoms with van der Waals surface area (Å²) >= 11 is 0. The van der Waals surface area contributed by atoms with Crippen molar-refractivity contribution in [1.29, 1.82) is 0 Å². The van der Waals surface area contributed by atoms with Crippen LogP contribution in [-0.2, 0) is 4.79 Å². The van der Waals surface area contributed by atoms with E-state index < -0.39 is 0 Å². The van der Waals surface area contributed by atoms with Gasteiger partial charge in [-0.1, -0.05) is 111 Å². The number of hydrogen-bond donors (Lipinski definition) is 0. The maximum Gasteiger partial charge on any atom is 0.136 e. The molecule has 0 aromatic carbocycles. The van der Waals surface area contributed by atoms with E-state index >= 15 is 0 Å². The number of rotatable bonds is 18. The zero-order chi connectivity index (χ0) is 18.0. The van der Waals surface area contributed by atoms with Gasteiger partial charge >= 0.3 is 0 Å². The van der Waals surface area contributed by atoms with Gasteiger partial charge in [0.25, 0.3) is 0 Å². The third kappa shape index (κ3) is 14.1. The van der Waals surface area contributed by atoms with Gasteiger partial charge in [0.15, 0.2) is 0 Å². The zero-order valence-electron chi connectivity index (χ0n) is 17.4. The standard InChI is InChI=1S/C23H46O/c1-5-7-9-10-11-12-13-14-15-16-17-18-20-23(24)22(21(3)4)19-8-6-2/h21-22H,5-20H2,1-4H3. The van der Waals surface area contributed by atoms with Gasteiger partial charge in [0.05, 0.1) is 0 Å². The Balaban J connectivity index is 3.46. The maximum atomic E-state index is 12.4. The average molecular weight is 339 g/mol. The largest absolute Gasteiger partial charge is 0.299 e. The highest BCUT2D eigenvalue weighted by Gasteiger charge is 2.20. The first-order chi connectivity index (χ1) is 11.6. The number of unbranched alkanes of at least 4 members (excludes halogenated alkanes) is 12. The summed E-state index contributed by atoms with van der Waals surface area (Å²) in [6.07, 6.45) is 20.7. The van der Waals surface area contributed by atoms with E-state index in [-0.39, 0.29) is 0 Å². The Kier molecular flexibility index (Phi) is 17.3. The minimum atomic E-state index is 0.317. The number of hydrogen-bond acceptors (Lipinski definition) is 1. The van der Waals surface area contributed by atoms with E-state index in [1.54, 1.807) is 0 Å². The normalized spacial score (nSPS) is 12.7. The Morgan fingerprint density at radius 3 is 1.46 bits per heavy atom. The summed E-state index contributed by atoms with van der Waals surface area (Å²) in [6.45, 7) is 8.91. The van der Waals surface area contributed by atoms with Gasteiger partial charge in [-0.15, -0.1) is 0 Å². The van der Waals surface area contributed by atoms with Crippen LogP contribution in [-0.4, -0.2) is 5.78 Å². The molecule has 1 unspecified atom stereocenters. The van der Waals surface area contributed by atoms with Crippen LogP contribution in [0.15, 0.2) is 0 Å². The molecule has 0 fully saturated rings. The predicted octanol–water partition coefficient (Wildman–Crippen LogP) is 8.11. The molecule has 1 atom stereocenters. The monoisotopic (exact) mass is 338 g/mol. The molecule has 0 radical (unpaired) electrons. The van der Waals surface area contributed by atoms with Crippen molar-refractivity contribution >= 4 is 5.78 Å². The number of ketones is 1. The second-order valence-corrected chi connectivity index (χ2v) is 8.10. The Hall–Kier alpha value is -0.330. The molecule has 24 heavy (non-hydrogen) atoms. The van der Waals surface area contributed by atoms with E-state index in [2.05, 4.69) is 27.7 Å². The molecule has 0 saturated carbocycles. The lowest BCUT2D eigenvalue weighted by Crippen LogP contribution is -2.20. The van der Waals surface area contributed by atoms with Crippen molar-refractivity contribution in [2.75, 3.05) is 0 Å². The molecule has 0 aromatic heterocycles. The van der Waals surface area contributed by atoms with Crippen LogP contribution in [0.3, 0.4) is 0 Å². The summed E-state index contributed by atoms with van der Waals surface area (Å²) in [5, 5.41) is 0. The SMILES string of the molecule is CCCCCCCCCCCCCCC(=O)C(CCCC)C(C)C. The van der Waals surface area contributed by atoms with Crippen LogP contribution in [0.2, 0.25) is 0 Å². The smallest absolute Gasteiger partial charge is 0.136 e. The molecule has 1 heteroatoms. The molecule has 0 aromatic rings. The molecule has 0 aliphatic carbocycles. The lowest BCUT2D eigenvalue weighted by atomic mass is 9.85. The van der Waals surface area contributed by atoms with Crippen LogP contribution >= 0.6 is 0 Å². The summed E-state index contributed by atoms with van der Waals surface area (Å²) in [5.74, 6) is 1.37. The molecule has 0 rings (SSSR count). The van der Waals surface area contributed by atoms with E-state index in [0.717, 1.165) is 19.3 Å². The first kappa shape index (κ1) is 23.7. The van der Waals surface area contributed by atoms with E-state index in [0.29, 0.717) is 17.6 Å². The summed E-state index contributed by atoms with van der Waals surface area (Å²) < 4.78 is 0. The minimum Gasteiger partial charge on any atom is -0.299 e. The predicted molar refractivity (Wildman–Crippen MR) is 109 cm³/mol. The first-order valence-electron chi connectivity index (χ1n) is 11.2. The molecule has 1 nitrogen and oxygen atoms in total. The number of carbonyl (C=O) groups is 1. The zero-order valence-corrected chi connectivity index (χ0v) is 17.4. The Bertz CT molecular complexity index is 269. The second kappa shape index (κ2) is 17.5. The molecule has 0 amide bonds. The minimum absolute atomic E-state index is 0.317. The Labute approximate surface area is 153 Å². The molecule has 0 spiro atoms. The topological polar surface area (TPSA) is 17.1 Å². The van der Waals surface area contributed by atoms with Crippen LogP contribution in [0.25, 0.3) is 0 Å². The van der Waals surface area contributed by atoms with Gasteiger partial charge in [-0.2, -0.15) is 0 Å².